The summed E-state index contributed by atoms with van der Waals surface area (Å²) in [6, 6.07) is 7.77. The maximum atomic E-state index is 9.61. The molecule has 1 aromatic carbocycles. The highest BCUT2D eigenvalue weighted by Gasteiger charge is 2.22. The van der Waals surface area contributed by atoms with Gasteiger partial charge in [0.05, 0.1) is 12.6 Å². The highest BCUT2D eigenvalue weighted by atomic mass is 127. The normalized spacial score (nSPS) is 18.0. The summed E-state index contributed by atoms with van der Waals surface area (Å²) in [6.07, 6.45) is 0.561. The van der Waals surface area contributed by atoms with Crippen LogP contribution in [0, 0.1) is 0 Å². The smallest absolute Gasteiger partial charge is 0.194 e. The largest absolute Gasteiger partial charge is 0.492 e. The number of hydrogen-bond acceptors (Lipinski definition) is 3. The van der Waals surface area contributed by atoms with Crippen molar-refractivity contribution in [2.24, 2.45) is 4.99 Å². The molecule has 2 N–H and O–H groups in total. The van der Waals surface area contributed by atoms with Gasteiger partial charge in [-0.25, -0.2) is 4.99 Å². The first kappa shape index (κ1) is 19.5. The van der Waals surface area contributed by atoms with Crippen molar-refractivity contribution >= 4 is 45.9 Å². The van der Waals surface area contributed by atoms with Gasteiger partial charge in [0.1, 0.15) is 12.4 Å². The van der Waals surface area contributed by atoms with Gasteiger partial charge in [-0.2, -0.15) is 0 Å². The fourth-order valence-electron chi connectivity index (χ4n) is 2.23. The molecule has 0 unspecified atom stereocenters. The third-order valence-corrected chi connectivity index (χ3v) is 3.71. The summed E-state index contributed by atoms with van der Waals surface area (Å²) in [5.74, 6) is 1.69. The molecule has 2 rings (SSSR count). The van der Waals surface area contributed by atoms with E-state index >= 15 is 0 Å². The minimum Gasteiger partial charge on any atom is -0.492 e. The monoisotopic (exact) mass is 483 g/mol. The highest BCUT2D eigenvalue weighted by molar-refractivity contribution is 14.0. The average Bonchev–Trinajstić information content (AvgIpc) is 2.89. The Morgan fingerprint density at radius 2 is 2.36 bits per heavy atom. The first-order valence-corrected chi connectivity index (χ1v) is 8.08. The van der Waals surface area contributed by atoms with E-state index in [0.29, 0.717) is 19.7 Å². The van der Waals surface area contributed by atoms with Crippen molar-refractivity contribution in [2.75, 3.05) is 32.8 Å². The Kier molecular flexibility index (Phi) is 9.11. The van der Waals surface area contributed by atoms with E-state index in [0.717, 1.165) is 35.7 Å². The number of benzene rings is 1. The van der Waals surface area contributed by atoms with Crippen molar-refractivity contribution < 1.29 is 9.84 Å². The number of likely N-dealkylation sites (tertiary alicyclic amines) is 1. The van der Waals surface area contributed by atoms with Crippen LogP contribution in [0.1, 0.15) is 13.3 Å². The molecule has 1 heterocycles. The summed E-state index contributed by atoms with van der Waals surface area (Å²) in [5, 5.41) is 12.9. The lowest BCUT2D eigenvalue weighted by atomic mass is 10.3. The Labute approximate surface area is 157 Å². The van der Waals surface area contributed by atoms with Gasteiger partial charge in [-0.05, 0) is 31.5 Å². The van der Waals surface area contributed by atoms with Crippen LogP contribution < -0.4 is 10.1 Å². The van der Waals surface area contributed by atoms with Gasteiger partial charge in [0, 0.05) is 24.1 Å². The first-order valence-electron chi connectivity index (χ1n) is 7.28. The Morgan fingerprint density at radius 1 is 1.55 bits per heavy atom. The van der Waals surface area contributed by atoms with Crippen molar-refractivity contribution in [3.8, 4) is 5.75 Å². The summed E-state index contributed by atoms with van der Waals surface area (Å²) in [5.41, 5.74) is 0. The van der Waals surface area contributed by atoms with Crippen molar-refractivity contribution in [1.29, 1.82) is 0 Å². The second-order valence-electron chi connectivity index (χ2n) is 4.93. The molecule has 0 saturated carbocycles. The molecule has 7 heteroatoms. The average molecular weight is 484 g/mol. The number of aliphatic imine (C=N–C) groups is 1. The number of halogens is 2. The minimum atomic E-state index is -0.244. The molecule has 0 aromatic heterocycles. The molecule has 0 radical (unpaired) electrons. The lowest BCUT2D eigenvalue weighted by molar-refractivity contribution is 0.187. The number of nitrogens with one attached hydrogen (secondary N) is 1. The Hall–Kier alpha value is -0.540. The summed E-state index contributed by atoms with van der Waals surface area (Å²) in [6.45, 7) is 5.47. The maximum absolute atomic E-state index is 9.61. The maximum Gasteiger partial charge on any atom is 0.194 e. The van der Waals surface area contributed by atoms with E-state index in [1.807, 2.05) is 31.2 Å². The van der Waals surface area contributed by atoms with E-state index in [1.165, 1.54) is 0 Å². The summed E-state index contributed by atoms with van der Waals surface area (Å²) < 4.78 is 6.67. The zero-order chi connectivity index (χ0) is 15.1. The number of aliphatic hydroxyl groups excluding tert-OH is 1. The SMILES string of the molecule is CCNC(=NCCOc1cccc(Br)c1)N1CC[C@@H](O)C1.I. The van der Waals surface area contributed by atoms with E-state index < -0.39 is 0 Å². The lowest BCUT2D eigenvalue weighted by Gasteiger charge is -2.20. The number of rotatable bonds is 5. The molecule has 1 aliphatic heterocycles. The van der Waals surface area contributed by atoms with Crippen LogP contribution in [0.15, 0.2) is 33.7 Å². The third kappa shape index (κ3) is 6.29. The van der Waals surface area contributed by atoms with E-state index in [1.54, 1.807) is 0 Å². The highest BCUT2D eigenvalue weighted by Crippen LogP contribution is 2.17. The van der Waals surface area contributed by atoms with Crippen LogP contribution in [0.25, 0.3) is 0 Å². The molecule has 0 amide bonds. The van der Waals surface area contributed by atoms with Crippen LogP contribution in [0.3, 0.4) is 0 Å². The quantitative estimate of drug-likeness (QED) is 0.292. The van der Waals surface area contributed by atoms with Crippen LogP contribution >= 0.6 is 39.9 Å². The second-order valence-corrected chi connectivity index (χ2v) is 5.85. The predicted molar refractivity (Wildman–Crippen MR) is 103 cm³/mol. The fraction of sp³-hybridized carbons (Fsp3) is 0.533. The number of nitrogens with zero attached hydrogens (tertiary/aromatic N) is 2. The number of hydrogen-bond donors (Lipinski definition) is 2. The number of ether oxygens (including phenoxy) is 1. The van der Waals surface area contributed by atoms with Gasteiger partial charge < -0.3 is 20.1 Å². The van der Waals surface area contributed by atoms with E-state index in [-0.39, 0.29) is 30.1 Å². The van der Waals surface area contributed by atoms with Crippen LogP contribution in [-0.2, 0) is 0 Å². The fourth-order valence-corrected chi connectivity index (χ4v) is 2.61. The summed E-state index contributed by atoms with van der Waals surface area (Å²) in [7, 11) is 0. The number of aliphatic hydroxyl groups is 1. The number of β-amino-alcohol motifs (C(OH)–C–C–N with tert-alkyl or cyclic N) is 1. The first-order chi connectivity index (χ1) is 10.2. The molecule has 0 bridgehead atoms. The van der Waals surface area contributed by atoms with Crippen molar-refractivity contribution in [2.45, 2.75) is 19.4 Å². The van der Waals surface area contributed by atoms with Gasteiger partial charge >= 0.3 is 0 Å². The zero-order valence-electron chi connectivity index (χ0n) is 12.7. The van der Waals surface area contributed by atoms with Gasteiger partial charge in [-0.3, -0.25) is 0 Å². The van der Waals surface area contributed by atoms with E-state index in [9.17, 15) is 5.11 Å². The molecule has 5 nitrogen and oxygen atoms in total. The molecule has 1 aromatic rings. The molecule has 0 aliphatic carbocycles. The van der Waals surface area contributed by atoms with Crippen molar-refractivity contribution in [3.63, 3.8) is 0 Å². The van der Waals surface area contributed by atoms with Gasteiger partial charge in [0.2, 0.25) is 0 Å². The predicted octanol–water partition coefficient (Wildman–Crippen LogP) is 2.48. The molecular formula is C15H23BrIN3O2. The standard InChI is InChI=1S/C15H22BrN3O2.HI/c1-2-17-15(19-8-6-13(20)11-19)18-7-9-21-14-5-3-4-12(16)10-14;/h3-5,10,13,20H,2,6-9,11H2,1H3,(H,17,18);1H/t13-;/m1./s1. The van der Waals surface area contributed by atoms with Gasteiger partial charge in [0.15, 0.2) is 5.96 Å². The minimum absolute atomic E-state index is 0. The van der Waals surface area contributed by atoms with E-state index in [4.69, 9.17) is 4.74 Å². The molecule has 22 heavy (non-hydrogen) atoms. The summed E-state index contributed by atoms with van der Waals surface area (Å²) >= 11 is 3.42. The second kappa shape index (κ2) is 10.3. The zero-order valence-corrected chi connectivity index (χ0v) is 16.6. The molecule has 1 atom stereocenters. The summed E-state index contributed by atoms with van der Waals surface area (Å²) in [4.78, 5) is 6.64. The Morgan fingerprint density at radius 3 is 3.00 bits per heavy atom. The Bertz CT molecular complexity index is 488. The Balaban J connectivity index is 0.00000242. The molecular weight excluding hydrogens is 461 g/mol. The third-order valence-electron chi connectivity index (χ3n) is 3.22. The molecule has 124 valence electrons. The lowest BCUT2D eigenvalue weighted by Crippen LogP contribution is -2.40. The van der Waals surface area contributed by atoms with Crippen LogP contribution in [-0.4, -0.2) is 54.9 Å². The number of guanidine groups is 1. The van der Waals surface area contributed by atoms with Gasteiger partial charge in [-0.15, -0.1) is 24.0 Å². The van der Waals surface area contributed by atoms with E-state index in [2.05, 4.69) is 31.1 Å². The van der Waals surface area contributed by atoms with Crippen LogP contribution in [0.4, 0.5) is 0 Å². The topological polar surface area (TPSA) is 57.1 Å². The van der Waals surface area contributed by atoms with Gasteiger partial charge in [-0.1, -0.05) is 22.0 Å². The van der Waals surface area contributed by atoms with Crippen LogP contribution in [0.5, 0.6) is 5.75 Å². The van der Waals surface area contributed by atoms with Gasteiger partial charge in [0.25, 0.3) is 0 Å². The molecule has 1 saturated heterocycles. The molecule has 1 fully saturated rings. The van der Waals surface area contributed by atoms with Crippen molar-refractivity contribution in [3.05, 3.63) is 28.7 Å². The molecule has 0 spiro atoms. The molecule has 1 aliphatic rings. The van der Waals surface area contributed by atoms with Crippen molar-refractivity contribution in [1.82, 2.24) is 10.2 Å². The van der Waals surface area contributed by atoms with Crippen LogP contribution in [0.2, 0.25) is 0 Å².